The topological polar surface area (TPSA) is 64.7 Å². The van der Waals surface area contributed by atoms with Crippen molar-refractivity contribution in [1.29, 1.82) is 0 Å². The average molecular weight is 879 g/mol. The van der Waals surface area contributed by atoms with Crippen LogP contribution >= 0.6 is 0 Å². The molecular formula is C48H38IrN4O-2. The van der Waals surface area contributed by atoms with E-state index in [-0.39, 0.29) is 20.1 Å². The van der Waals surface area contributed by atoms with Crippen molar-refractivity contribution in [3.05, 3.63) is 167 Å². The molecule has 1 radical (unpaired) electrons. The molecule has 5 heterocycles. The Morgan fingerprint density at radius 2 is 1.41 bits per heavy atom. The molecule has 267 valence electrons. The van der Waals surface area contributed by atoms with E-state index in [1.165, 1.54) is 27.8 Å². The summed E-state index contributed by atoms with van der Waals surface area (Å²) in [7, 11) is 0. The summed E-state index contributed by atoms with van der Waals surface area (Å²) in [5.74, 6) is 0. The summed E-state index contributed by atoms with van der Waals surface area (Å²) < 4.78 is 6.22. The molecule has 54 heavy (non-hydrogen) atoms. The maximum atomic E-state index is 6.22. The van der Waals surface area contributed by atoms with Crippen LogP contribution in [-0.4, -0.2) is 19.9 Å². The summed E-state index contributed by atoms with van der Waals surface area (Å²) in [6, 6.07) is 44.1. The first-order chi connectivity index (χ1) is 25.7. The van der Waals surface area contributed by atoms with Gasteiger partial charge in [0.15, 0.2) is 0 Å². The van der Waals surface area contributed by atoms with Crippen molar-refractivity contribution >= 4 is 33.0 Å². The van der Waals surface area contributed by atoms with Gasteiger partial charge in [0.2, 0.25) is 5.71 Å². The summed E-state index contributed by atoms with van der Waals surface area (Å²) in [5.41, 5.74) is 17.5. The van der Waals surface area contributed by atoms with Crippen LogP contribution in [-0.2, 0) is 20.1 Å². The zero-order valence-electron chi connectivity index (χ0n) is 31.1. The molecule has 4 aromatic carbocycles. The smallest absolute Gasteiger partial charge is 0.216 e. The number of hydrogen-bond donors (Lipinski definition) is 0. The molecule has 5 nitrogen and oxygen atoms in total. The third-order valence-corrected chi connectivity index (χ3v) is 9.69. The second-order valence-electron chi connectivity index (χ2n) is 13.8. The van der Waals surface area contributed by atoms with E-state index in [1.54, 1.807) is 0 Å². The van der Waals surface area contributed by atoms with Gasteiger partial charge in [0.25, 0.3) is 0 Å². The molecule has 0 aliphatic rings. The molecule has 0 aliphatic carbocycles. The predicted octanol–water partition coefficient (Wildman–Crippen LogP) is 12.1. The minimum absolute atomic E-state index is 0. The number of benzene rings is 4. The van der Waals surface area contributed by atoms with E-state index < -0.39 is 0 Å². The molecule has 0 unspecified atom stereocenters. The molecule has 0 aliphatic heterocycles. The summed E-state index contributed by atoms with van der Waals surface area (Å²) in [5, 5.41) is 3.13. The second-order valence-corrected chi connectivity index (χ2v) is 13.8. The van der Waals surface area contributed by atoms with E-state index in [2.05, 4.69) is 123 Å². The van der Waals surface area contributed by atoms with Gasteiger partial charge in [-0.25, -0.2) is 9.97 Å². The molecule has 0 fully saturated rings. The molecular weight excluding hydrogens is 841 g/mol. The fraction of sp³-hybridized carbons (Fsp3) is 0.125. The van der Waals surface area contributed by atoms with Gasteiger partial charge in [-0.3, -0.25) is 0 Å². The van der Waals surface area contributed by atoms with Crippen molar-refractivity contribution in [3.8, 4) is 44.9 Å². The third-order valence-electron chi connectivity index (χ3n) is 9.69. The molecule has 9 aromatic rings. The predicted molar refractivity (Wildman–Crippen MR) is 217 cm³/mol. The van der Waals surface area contributed by atoms with Crippen molar-refractivity contribution in [3.63, 3.8) is 0 Å². The van der Waals surface area contributed by atoms with Gasteiger partial charge in [-0.1, -0.05) is 60.3 Å². The third kappa shape index (κ3) is 7.23. The van der Waals surface area contributed by atoms with Crippen molar-refractivity contribution in [2.24, 2.45) is 0 Å². The maximum Gasteiger partial charge on any atom is 0.216 e. The second kappa shape index (κ2) is 15.3. The van der Waals surface area contributed by atoms with E-state index in [1.807, 2.05) is 62.6 Å². The SMILES string of the molecule is Cc1c[c-]c(-c2ccc(C)cn2)cc1.Cc1ccc2c(n1)oc1c(-c3cc(-c4cc5ccc(-c6c(C)cccc6C)nc5cc4C)ccn3)[c-]ccc12.[Ir]. The molecule has 0 saturated heterocycles. The van der Waals surface area contributed by atoms with Crippen LogP contribution in [0.4, 0.5) is 0 Å². The van der Waals surface area contributed by atoms with Gasteiger partial charge < -0.3 is 14.4 Å². The number of furan rings is 1. The monoisotopic (exact) mass is 879 g/mol. The molecule has 0 saturated carbocycles. The summed E-state index contributed by atoms with van der Waals surface area (Å²) in [6.07, 6.45) is 3.73. The summed E-state index contributed by atoms with van der Waals surface area (Å²) >= 11 is 0. The maximum absolute atomic E-state index is 6.22. The zero-order chi connectivity index (χ0) is 36.6. The minimum Gasteiger partial charge on any atom is -0.486 e. The Hall–Kier alpha value is -5.81. The first-order valence-corrected chi connectivity index (χ1v) is 17.8. The van der Waals surface area contributed by atoms with Crippen molar-refractivity contribution < 1.29 is 24.5 Å². The fourth-order valence-corrected chi connectivity index (χ4v) is 6.87. The number of rotatable bonds is 4. The molecule has 5 aromatic heterocycles. The van der Waals surface area contributed by atoms with E-state index in [9.17, 15) is 0 Å². The number of nitrogens with zero attached hydrogens (tertiary/aromatic N) is 4. The van der Waals surface area contributed by atoms with Gasteiger partial charge in [-0.05, 0) is 116 Å². The molecule has 0 spiro atoms. The zero-order valence-corrected chi connectivity index (χ0v) is 33.5. The van der Waals surface area contributed by atoms with Crippen molar-refractivity contribution in [2.75, 3.05) is 0 Å². The number of fused-ring (bicyclic) bond motifs is 4. The number of aryl methyl sites for hydroxylation is 6. The van der Waals surface area contributed by atoms with Gasteiger partial charge in [0.05, 0.1) is 16.8 Å². The standard InChI is InChI=1S/C35H26N3O.C13H12N.Ir/c1-20-7-5-8-21(2)33(20)30-14-12-25-18-29(22(3)17-31(25)38-30)24-15-16-36-32(19-24)28-10-6-9-26-27-13-11-23(4)37-35(27)39-34(26)28;1-10-3-6-12(7-4-10)13-8-5-11(2)9-14-13;/h5-9,11-19H,1-4H3;3-6,8-9H,1-2H3;/q2*-1;. The Morgan fingerprint density at radius 3 is 2.17 bits per heavy atom. The average Bonchev–Trinajstić information content (AvgIpc) is 3.53. The van der Waals surface area contributed by atoms with Crippen LogP contribution in [0.3, 0.4) is 0 Å². The van der Waals surface area contributed by atoms with Crippen LogP contribution in [0.5, 0.6) is 0 Å². The fourth-order valence-electron chi connectivity index (χ4n) is 6.87. The quantitative estimate of drug-likeness (QED) is 0.165. The van der Waals surface area contributed by atoms with Crippen LogP contribution in [0.15, 0.2) is 126 Å². The van der Waals surface area contributed by atoms with Crippen LogP contribution in [0.2, 0.25) is 0 Å². The van der Waals surface area contributed by atoms with E-state index in [4.69, 9.17) is 14.4 Å². The molecule has 0 amide bonds. The van der Waals surface area contributed by atoms with Crippen LogP contribution in [0.25, 0.3) is 77.9 Å². The molecule has 0 atom stereocenters. The Kier molecular flexibility index (Phi) is 10.3. The van der Waals surface area contributed by atoms with Gasteiger partial charge in [-0.2, -0.15) is 0 Å². The Labute approximate surface area is 329 Å². The van der Waals surface area contributed by atoms with Gasteiger partial charge in [0, 0.05) is 54.5 Å². The first kappa shape index (κ1) is 36.5. The van der Waals surface area contributed by atoms with Crippen LogP contribution < -0.4 is 0 Å². The summed E-state index contributed by atoms with van der Waals surface area (Å²) in [6.45, 7) is 12.5. The van der Waals surface area contributed by atoms with E-state index in [0.717, 1.165) is 77.9 Å². The molecule has 0 N–H and O–H groups in total. The van der Waals surface area contributed by atoms with Gasteiger partial charge in [0.1, 0.15) is 0 Å². The first-order valence-electron chi connectivity index (χ1n) is 17.8. The number of hydrogen-bond acceptors (Lipinski definition) is 5. The van der Waals surface area contributed by atoms with Crippen molar-refractivity contribution in [1.82, 2.24) is 19.9 Å². The van der Waals surface area contributed by atoms with Crippen LogP contribution in [0.1, 0.15) is 33.5 Å². The Bertz CT molecular complexity index is 2720. The summed E-state index contributed by atoms with van der Waals surface area (Å²) in [4.78, 5) is 18.7. The van der Waals surface area contributed by atoms with Crippen LogP contribution in [0, 0.1) is 53.7 Å². The minimum atomic E-state index is 0. The number of aromatic nitrogens is 4. The molecule has 0 bridgehead atoms. The van der Waals surface area contributed by atoms with E-state index in [0.29, 0.717) is 5.71 Å². The van der Waals surface area contributed by atoms with E-state index >= 15 is 0 Å². The molecule has 9 rings (SSSR count). The molecule has 6 heteroatoms. The van der Waals surface area contributed by atoms with Gasteiger partial charge >= 0.3 is 0 Å². The van der Waals surface area contributed by atoms with Crippen molar-refractivity contribution in [2.45, 2.75) is 41.5 Å². The Balaban J connectivity index is 0.000000253. The van der Waals surface area contributed by atoms with Gasteiger partial charge in [-0.15, -0.1) is 53.6 Å². The Morgan fingerprint density at radius 1 is 0.611 bits per heavy atom. The number of pyridine rings is 4. The normalized spacial score (nSPS) is 11.0. The largest absolute Gasteiger partial charge is 0.486 e.